The van der Waals surface area contributed by atoms with Crippen molar-refractivity contribution < 1.29 is 4.79 Å². The maximum absolute atomic E-state index is 11.4. The molecule has 0 bridgehead atoms. The van der Waals surface area contributed by atoms with Gasteiger partial charge in [0.1, 0.15) is 6.29 Å². The Morgan fingerprint density at radius 3 is 1.74 bits per heavy atom. The number of benzene rings is 2. The molecule has 0 aromatic heterocycles. The van der Waals surface area contributed by atoms with Crippen LogP contribution in [0, 0.1) is 5.92 Å². The molecule has 1 unspecified atom stereocenters. The molecule has 3 nitrogen and oxygen atoms in total. The molecule has 0 spiro atoms. The molecular formula is C24H30N2O. The highest BCUT2D eigenvalue weighted by Crippen LogP contribution is 2.39. The molecule has 0 amide bonds. The number of aldehydes is 1. The van der Waals surface area contributed by atoms with Gasteiger partial charge in [0.25, 0.3) is 0 Å². The van der Waals surface area contributed by atoms with E-state index in [2.05, 4.69) is 92.6 Å². The minimum absolute atomic E-state index is 0.271. The van der Waals surface area contributed by atoms with Gasteiger partial charge in [0.05, 0.1) is 0 Å². The summed E-state index contributed by atoms with van der Waals surface area (Å²) in [7, 11) is 8.25. The molecule has 27 heavy (non-hydrogen) atoms. The first-order valence-corrected chi connectivity index (χ1v) is 9.70. The standard InChI is InChI=1S/C24H30N2O/c1-25(2)22-12-8-19(9-13-22)24(21-7-5-6-18(16-21)17-27)20-10-14-23(15-11-20)26(3)4/h8-17,21,24H,5-7H2,1-4H3. The number of allylic oxidation sites excluding steroid dienone is 2. The third-order valence-electron chi connectivity index (χ3n) is 5.55. The van der Waals surface area contributed by atoms with E-state index in [1.54, 1.807) is 0 Å². The van der Waals surface area contributed by atoms with Crippen molar-refractivity contribution in [3.05, 3.63) is 71.3 Å². The second-order valence-corrected chi connectivity index (χ2v) is 7.87. The van der Waals surface area contributed by atoms with Crippen LogP contribution in [0.3, 0.4) is 0 Å². The van der Waals surface area contributed by atoms with Gasteiger partial charge < -0.3 is 9.80 Å². The first kappa shape index (κ1) is 19.2. The van der Waals surface area contributed by atoms with E-state index in [9.17, 15) is 4.79 Å². The molecule has 0 saturated heterocycles. The number of hydrogen-bond acceptors (Lipinski definition) is 3. The Labute approximate surface area is 163 Å². The molecule has 3 heteroatoms. The molecule has 0 radical (unpaired) electrons. The van der Waals surface area contributed by atoms with Crippen LogP contribution >= 0.6 is 0 Å². The molecule has 2 aromatic carbocycles. The zero-order chi connectivity index (χ0) is 19.4. The third-order valence-corrected chi connectivity index (χ3v) is 5.55. The normalized spacial score (nSPS) is 16.8. The lowest BCUT2D eigenvalue weighted by Crippen LogP contribution is -2.17. The van der Waals surface area contributed by atoms with Crippen LogP contribution in [0.4, 0.5) is 11.4 Å². The SMILES string of the molecule is CN(C)c1ccc(C(c2ccc(N(C)C)cc2)C2C=C(C=O)CCC2)cc1. The van der Waals surface area contributed by atoms with E-state index in [0.29, 0.717) is 5.92 Å². The quantitative estimate of drug-likeness (QED) is 0.685. The average Bonchev–Trinajstić information content (AvgIpc) is 2.69. The molecule has 0 saturated carbocycles. The smallest absolute Gasteiger partial charge is 0.145 e. The summed E-state index contributed by atoms with van der Waals surface area (Å²) in [4.78, 5) is 15.6. The summed E-state index contributed by atoms with van der Waals surface area (Å²) in [5.74, 6) is 0.627. The molecule has 0 heterocycles. The van der Waals surface area contributed by atoms with Crippen molar-refractivity contribution in [3.63, 3.8) is 0 Å². The van der Waals surface area contributed by atoms with Gasteiger partial charge in [-0.3, -0.25) is 4.79 Å². The Hall–Kier alpha value is -2.55. The third kappa shape index (κ3) is 4.41. The summed E-state index contributed by atoms with van der Waals surface area (Å²) < 4.78 is 0. The fraction of sp³-hybridized carbons (Fsp3) is 0.375. The van der Waals surface area contributed by atoms with Crippen molar-refractivity contribution >= 4 is 17.7 Å². The number of anilines is 2. The zero-order valence-electron chi connectivity index (χ0n) is 16.9. The van der Waals surface area contributed by atoms with Gasteiger partial charge in [0.15, 0.2) is 0 Å². The summed E-state index contributed by atoms with van der Waals surface area (Å²) in [6.07, 6.45) is 6.35. The predicted molar refractivity (Wildman–Crippen MR) is 115 cm³/mol. The van der Waals surface area contributed by atoms with Crippen LogP contribution in [0.5, 0.6) is 0 Å². The Bertz CT molecular complexity index is 737. The predicted octanol–water partition coefficient (Wildman–Crippen LogP) is 4.88. The van der Waals surface area contributed by atoms with Gasteiger partial charge in [-0.25, -0.2) is 0 Å². The lowest BCUT2D eigenvalue weighted by molar-refractivity contribution is -0.105. The van der Waals surface area contributed by atoms with E-state index in [4.69, 9.17) is 0 Å². The zero-order valence-corrected chi connectivity index (χ0v) is 16.9. The fourth-order valence-corrected chi connectivity index (χ4v) is 3.99. The van der Waals surface area contributed by atoms with E-state index in [1.165, 1.54) is 22.5 Å². The van der Waals surface area contributed by atoms with Crippen LogP contribution in [-0.4, -0.2) is 34.5 Å². The Balaban J connectivity index is 2.01. The summed E-state index contributed by atoms with van der Waals surface area (Å²) in [5.41, 5.74) is 5.98. The van der Waals surface area contributed by atoms with Crippen LogP contribution in [0.2, 0.25) is 0 Å². The minimum Gasteiger partial charge on any atom is -0.378 e. The first-order valence-electron chi connectivity index (χ1n) is 9.70. The Kier molecular flexibility index (Phi) is 6.00. The van der Waals surface area contributed by atoms with Gasteiger partial charge in [-0.05, 0) is 66.1 Å². The summed E-state index contributed by atoms with van der Waals surface area (Å²) in [6, 6.07) is 17.7. The van der Waals surface area contributed by atoms with Crippen LogP contribution in [0.15, 0.2) is 60.2 Å². The van der Waals surface area contributed by atoms with Crippen LogP contribution in [0.25, 0.3) is 0 Å². The molecule has 0 aliphatic heterocycles. The van der Waals surface area contributed by atoms with E-state index in [1.807, 2.05) is 0 Å². The van der Waals surface area contributed by atoms with Crippen molar-refractivity contribution in [3.8, 4) is 0 Å². The lowest BCUT2D eigenvalue weighted by atomic mass is 9.75. The van der Waals surface area contributed by atoms with Crippen LogP contribution < -0.4 is 9.80 Å². The molecule has 142 valence electrons. The summed E-state index contributed by atoms with van der Waals surface area (Å²) in [5, 5.41) is 0. The van der Waals surface area contributed by atoms with Crippen LogP contribution in [0.1, 0.15) is 36.3 Å². The van der Waals surface area contributed by atoms with Gasteiger partial charge in [-0.2, -0.15) is 0 Å². The number of hydrogen-bond donors (Lipinski definition) is 0. The van der Waals surface area contributed by atoms with E-state index >= 15 is 0 Å². The maximum Gasteiger partial charge on any atom is 0.145 e. The van der Waals surface area contributed by atoms with Crippen LogP contribution in [-0.2, 0) is 4.79 Å². The molecule has 3 rings (SSSR count). The van der Waals surface area contributed by atoms with Crippen molar-refractivity contribution in [1.29, 1.82) is 0 Å². The lowest BCUT2D eigenvalue weighted by Gasteiger charge is -2.30. The van der Waals surface area contributed by atoms with Crippen molar-refractivity contribution in [1.82, 2.24) is 0 Å². The molecule has 0 fully saturated rings. The second kappa shape index (κ2) is 8.43. The Morgan fingerprint density at radius 1 is 0.852 bits per heavy atom. The molecular weight excluding hydrogens is 332 g/mol. The van der Waals surface area contributed by atoms with Crippen molar-refractivity contribution in [2.45, 2.75) is 25.2 Å². The van der Waals surface area contributed by atoms with Gasteiger partial charge >= 0.3 is 0 Å². The maximum atomic E-state index is 11.4. The number of rotatable bonds is 6. The second-order valence-electron chi connectivity index (χ2n) is 7.87. The van der Waals surface area contributed by atoms with E-state index in [-0.39, 0.29) is 5.92 Å². The van der Waals surface area contributed by atoms with Gasteiger partial charge in [-0.1, -0.05) is 30.3 Å². The highest BCUT2D eigenvalue weighted by Gasteiger charge is 2.26. The average molecular weight is 363 g/mol. The molecule has 1 atom stereocenters. The Morgan fingerprint density at radius 2 is 1.33 bits per heavy atom. The first-order chi connectivity index (χ1) is 13.0. The number of nitrogens with zero attached hydrogens (tertiary/aromatic N) is 2. The number of carbonyl (C=O) groups is 1. The van der Waals surface area contributed by atoms with Gasteiger partial charge in [0.2, 0.25) is 0 Å². The summed E-state index contributed by atoms with van der Waals surface area (Å²) in [6.45, 7) is 0. The topological polar surface area (TPSA) is 23.6 Å². The monoisotopic (exact) mass is 362 g/mol. The van der Waals surface area contributed by atoms with Crippen molar-refractivity contribution in [2.75, 3.05) is 38.0 Å². The molecule has 2 aromatic rings. The fourth-order valence-electron chi connectivity index (χ4n) is 3.99. The minimum atomic E-state index is 0.271. The largest absolute Gasteiger partial charge is 0.378 e. The van der Waals surface area contributed by atoms with Crippen molar-refractivity contribution in [2.24, 2.45) is 5.92 Å². The highest BCUT2D eigenvalue weighted by molar-refractivity contribution is 5.73. The van der Waals surface area contributed by atoms with E-state index in [0.717, 1.165) is 31.1 Å². The summed E-state index contributed by atoms with van der Waals surface area (Å²) >= 11 is 0. The number of carbonyl (C=O) groups excluding carboxylic acids is 1. The molecule has 1 aliphatic carbocycles. The van der Waals surface area contributed by atoms with Gasteiger partial charge in [-0.15, -0.1) is 0 Å². The highest BCUT2D eigenvalue weighted by atomic mass is 16.1. The van der Waals surface area contributed by atoms with E-state index < -0.39 is 0 Å². The molecule has 0 N–H and O–H groups in total. The molecule has 1 aliphatic rings. The van der Waals surface area contributed by atoms with Gasteiger partial charge in [0, 0.05) is 45.5 Å².